The number of fused-ring (bicyclic) bond motifs is 1. The van der Waals surface area contributed by atoms with Gasteiger partial charge in [-0.2, -0.15) is 0 Å². The summed E-state index contributed by atoms with van der Waals surface area (Å²) in [5.41, 5.74) is 7.25. The van der Waals surface area contributed by atoms with Gasteiger partial charge in [-0.1, -0.05) is 66.7 Å². The minimum Gasteiger partial charge on any atom is -0.326 e. The van der Waals surface area contributed by atoms with Crippen molar-refractivity contribution >= 4 is 11.6 Å². The molecule has 1 N–H and O–H groups in total. The van der Waals surface area contributed by atoms with Crippen molar-refractivity contribution in [2.75, 3.05) is 5.32 Å². The van der Waals surface area contributed by atoms with Gasteiger partial charge in [0.25, 0.3) is 0 Å². The van der Waals surface area contributed by atoms with Gasteiger partial charge in [0.15, 0.2) is 0 Å². The zero-order chi connectivity index (χ0) is 17.8. The molecule has 0 radical (unpaired) electrons. The molecular formula is C24H23NO. The third kappa shape index (κ3) is 3.85. The van der Waals surface area contributed by atoms with Gasteiger partial charge < -0.3 is 5.32 Å². The summed E-state index contributed by atoms with van der Waals surface area (Å²) in [6, 6.07) is 24.9. The summed E-state index contributed by atoms with van der Waals surface area (Å²) in [6.45, 7) is 0. The zero-order valence-electron chi connectivity index (χ0n) is 14.9. The molecule has 0 bridgehead atoms. The highest BCUT2D eigenvalue weighted by Crippen LogP contribution is 2.24. The van der Waals surface area contributed by atoms with Crippen LogP contribution < -0.4 is 5.32 Å². The second-order valence-corrected chi connectivity index (χ2v) is 7.00. The van der Waals surface area contributed by atoms with Crippen molar-refractivity contribution in [1.82, 2.24) is 0 Å². The van der Waals surface area contributed by atoms with Gasteiger partial charge in [-0.15, -0.1) is 0 Å². The molecule has 2 heteroatoms. The molecule has 0 fully saturated rings. The van der Waals surface area contributed by atoms with Crippen LogP contribution in [-0.4, -0.2) is 5.91 Å². The van der Waals surface area contributed by atoms with Gasteiger partial charge in [0, 0.05) is 5.69 Å². The standard InChI is InChI=1S/C24H23NO/c26-24(17-19-13-14-20-10-6-11-21(20)16-19)25-23-12-5-4-9-22(23)15-18-7-2-1-3-8-18/h1-5,7-9,12-14,16H,6,10-11,15,17H2,(H,25,26). The van der Waals surface area contributed by atoms with Crippen LogP contribution in [0.25, 0.3) is 0 Å². The highest BCUT2D eigenvalue weighted by molar-refractivity contribution is 5.93. The highest BCUT2D eigenvalue weighted by Gasteiger charge is 2.13. The van der Waals surface area contributed by atoms with Gasteiger partial charge in [-0.05, 0) is 59.6 Å². The lowest BCUT2D eigenvalue weighted by molar-refractivity contribution is -0.115. The Labute approximate surface area is 154 Å². The number of anilines is 1. The average molecular weight is 341 g/mol. The van der Waals surface area contributed by atoms with Crippen molar-refractivity contribution in [2.24, 2.45) is 0 Å². The molecule has 1 aliphatic carbocycles. The summed E-state index contributed by atoms with van der Waals surface area (Å²) in [5.74, 6) is 0.0449. The quantitative estimate of drug-likeness (QED) is 0.699. The number of benzene rings is 3. The van der Waals surface area contributed by atoms with E-state index in [1.54, 1.807) is 0 Å². The van der Waals surface area contributed by atoms with E-state index in [0.29, 0.717) is 6.42 Å². The van der Waals surface area contributed by atoms with Crippen LogP contribution in [0.4, 0.5) is 5.69 Å². The Kier molecular flexibility index (Phi) is 4.83. The Morgan fingerprint density at radius 1 is 0.808 bits per heavy atom. The number of hydrogen-bond donors (Lipinski definition) is 1. The maximum absolute atomic E-state index is 12.6. The second-order valence-electron chi connectivity index (χ2n) is 7.00. The smallest absolute Gasteiger partial charge is 0.228 e. The fourth-order valence-corrected chi connectivity index (χ4v) is 3.73. The lowest BCUT2D eigenvalue weighted by Crippen LogP contribution is -2.15. The van der Waals surface area contributed by atoms with E-state index in [4.69, 9.17) is 0 Å². The molecule has 4 rings (SSSR count). The molecule has 130 valence electrons. The predicted octanol–water partition coefficient (Wildman–Crippen LogP) is 4.95. The molecule has 3 aromatic carbocycles. The van der Waals surface area contributed by atoms with Gasteiger partial charge in [0.1, 0.15) is 0 Å². The largest absolute Gasteiger partial charge is 0.326 e. The zero-order valence-corrected chi connectivity index (χ0v) is 14.9. The Hall–Kier alpha value is -2.87. The van der Waals surface area contributed by atoms with E-state index in [1.807, 2.05) is 36.4 Å². The first-order valence-corrected chi connectivity index (χ1v) is 9.30. The highest BCUT2D eigenvalue weighted by atomic mass is 16.1. The van der Waals surface area contributed by atoms with Crippen LogP contribution in [0.1, 0.15) is 34.2 Å². The summed E-state index contributed by atoms with van der Waals surface area (Å²) in [5, 5.41) is 3.11. The lowest BCUT2D eigenvalue weighted by Gasteiger charge is -2.12. The summed E-state index contributed by atoms with van der Waals surface area (Å²) in [6.07, 6.45) is 4.79. The fraction of sp³-hybridized carbons (Fsp3) is 0.208. The predicted molar refractivity (Wildman–Crippen MR) is 106 cm³/mol. The minimum atomic E-state index is 0.0449. The molecule has 3 aromatic rings. The Morgan fingerprint density at radius 3 is 2.46 bits per heavy atom. The van der Waals surface area contributed by atoms with E-state index in [2.05, 4.69) is 41.7 Å². The average Bonchev–Trinajstić information content (AvgIpc) is 3.12. The van der Waals surface area contributed by atoms with Gasteiger partial charge in [-0.25, -0.2) is 0 Å². The number of nitrogens with one attached hydrogen (secondary N) is 1. The molecule has 26 heavy (non-hydrogen) atoms. The van der Waals surface area contributed by atoms with Crippen LogP contribution in [0.15, 0.2) is 72.8 Å². The summed E-state index contributed by atoms with van der Waals surface area (Å²) >= 11 is 0. The number of para-hydroxylation sites is 1. The van der Waals surface area contributed by atoms with Crippen LogP contribution >= 0.6 is 0 Å². The topological polar surface area (TPSA) is 29.1 Å². The Morgan fingerprint density at radius 2 is 1.58 bits per heavy atom. The van der Waals surface area contributed by atoms with Crippen LogP contribution in [0, 0.1) is 0 Å². The fourth-order valence-electron chi connectivity index (χ4n) is 3.73. The number of rotatable bonds is 5. The van der Waals surface area contributed by atoms with Gasteiger partial charge in [0.2, 0.25) is 5.91 Å². The Balaban J connectivity index is 1.46. The molecule has 0 aliphatic heterocycles. The van der Waals surface area contributed by atoms with E-state index in [0.717, 1.165) is 29.7 Å². The number of carbonyl (C=O) groups excluding carboxylic acids is 1. The minimum absolute atomic E-state index is 0.0449. The molecule has 0 saturated heterocycles. The first-order valence-electron chi connectivity index (χ1n) is 9.30. The molecule has 1 amide bonds. The van der Waals surface area contributed by atoms with Crippen molar-refractivity contribution in [3.63, 3.8) is 0 Å². The first-order chi connectivity index (χ1) is 12.8. The van der Waals surface area contributed by atoms with Crippen LogP contribution in [0.5, 0.6) is 0 Å². The van der Waals surface area contributed by atoms with Crippen molar-refractivity contribution in [2.45, 2.75) is 32.1 Å². The number of aryl methyl sites for hydroxylation is 2. The van der Waals surface area contributed by atoms with Crippen molar-refractivity contribution in [3.05, 3.63) is 101 Å². The third-order valence-corrected chi connectivity index (χ3v) is 5.06. The molecule has 2 nitrogen and oxygen atoms in total. The van der Waals surface area contributed by atoms with Crippen LogP contribution in [0.2, 0.25) is 0 Å². The summed E-state index contributed by atoms with van der Waals surface area (Å²) in [4.78, 5) is 12.6. The third-order valence-electron chi connectivity index (χ3n) is 5.06. The van der Waals surface area contributed by atoms with Crippen LogP contribution in [-0.2, 0) is 30.5 Å². The van der Waals surface area contributed by atoms with E-state index in [-0.39, 0.29) is 5.91 Å². The normalized spacial score (nSPS) is 12.6. The molecule has 0 spiro atoms. The van der Waals surface area contributed by atoms with E-state index >= 15 is 0 Å². The molecule has 0 saturated carbocycles. The van der Waals surface area contributed by atoms with Crippen molar-refractivity contribution in [3.8, 4) is 0 Å². The maximum atomic E-state index is 12.6. The second kappa shape index (κ2) is 7.57. The lowest BCUT2D eigenvalue weighted by atomic mass is 10.0. The Bertz CT molecular complexity index is 915. The molecule has 0 aromatic heterocycles. The monoisotopic (exact) mass is 341 g/mol. The van der Waals surface area contributed by atoms with Crippen molar-refractivity contribution in [1.29, 1.82) is 0 Å². The van der Waals surface area contributed by atoms with E-state index < -0.39 is 0 Å². The molecule has 0 unspecified atom stereocenters. The molecular weight excluding hydrogens is 318 g/mol. The van der Waals surface area contributed by atoms with Gasteiger partial charge in [-0.3, -0.25) is 4.79 Å². The maximum Gasteiger partial charge on any atom is 0.228 e. The molecule has 1 aliphatic rings. The van der Waals surface area contributed by atoms with Gasteiger partial charge in [0.05, 0.1) is 6.42 Å². The first kappa shape index (κ1) is 16.6. The van der Waals surface area contributed by atoms with Gasteiger partial charge >= 0.3 is 0 Å². The molecule has 0 heterocycles. The number of hydrogen-bond acceptors (Lipinski definition) is 1. The van der Waals surface area contributed by atoms with E-state index in [9.17, 15) is 4.79 Å². The van der Waals surface area contributed by atoms with E-state index in [1.165, 1.54) is 29.5 Å². The number of carbonyl (C=O) groups is 1. The van der Waals surface area contributed by atoms with Crippen molar-refractivity contribution < 1.29 is 4.79 Å². The SMILES string of the molecule is O=C(Cc1ccc2c(c1)CCC2)Nc1ccccc1Cc1ccccc1. The summed E-state index contributed by atoms with van der Waals surface area (Å²) in [7, 11) is 0. The summed E-state index contributed by atoms with van der Waals surface area (Å²) < 4.78 is 0. The van der Waals surface area contributed by atoms with Crippen LogP contribution in [0.3, 0.4) is 0 Å². The molecule has 0 atom stereocenters. The number of amides is 1.